The molecule has 2 aromatic carbocycles. The molecule has 1 aliphatic rings. The van der Waals surface area contributed by atoms with Gasteiger partial charge in [-0.25, -0.2) is 0 Å². The van der Waals surface area contributed by atoms with Crippen molar-refractivity contribution in [2.75, 3.05) is 6.61 Å². The Labute approximate surface area is 135 Å². The lowest BCUT2D eigenvalue weighted by molar-refractivity contribution is 0.0976. The van der Waals surface area contributed by atoms with Crippen molar-refractivity contribution in [3.8, 4) is 17.6 Å². The van der Waals surface area contributed by atoms with Gasteiger partial charge in [-0.1, -0.05) is 55.2 Å². The molecule has 114 valence electrons. The highest BCUT2D eigenvalue weighted by Crippen LogP contribution is 2.32. The maximum absolute atomic E-state index is 12.7. The Balaban J connectivity index is 1.96. The van der Waals surface area contributed by atoms with Crippen molar-refractivity contribution in [2.45, 2.75) is 19.8 Å². The minimum atomic E-state index is -0.174. The van der Waals surface area contributed by atoms with Gasteiger partial charge in [0, 0.05) is 23.1 Å². The van der Waals surface area contributed by atoms with E-state index in [0.717, 1.165) is 12.8 Å². The Kier molecular flexibility index (Phi) is 4.25. The number of ether oxygens (including phenoxy) is 1. The lowest BCUT2D eigenvalue weighted by atomic mass is 9.83. The van der Waals surface area contributed by atoms with Crippen LogP contribution in [0.3, 0.4) is 0 Å². The third-order valence-corrected chi connectivity index (χ3v) is 3.71. The van der Waals surface area contributed by atoms with Crippen molar-refractivity contribution in [1.29, 1.82) is 0 Å². The van der Waals surface area contributed by atoms with Crippen LogP contribution in [0.15, 0.2) is 42.5 Å². The predicted octanol–water partition coefficient (Wildman–Crippen LogP) is 3.64. The lowest BCUT2D eigenvalue weighted by Gasteiger charge is -2.19. The summed E-state index contributed by atoms with van der Waals surface area (Å²) >= 11 is 0. The first-order valence-corrected chi connectivity index (χ1v) is 7.64. The molecule has 0 amide bonds. The van der Waals surface area contributed by atoms with E-state index in [1.807, 2.05) is 0 Å². The minimum Gasteiger partial charge on any atom is -0.480 e. The summed E-state index contributed by atoms with van der Waals surface area (Å²) in [5, 5.41) is 0. The number of hydrogen-bond acceptors (Lipinski definition) is 3. The maximum atomic E-state index is 12.7. The maximum Gasteiger partial charge on any atom is 0.198 e. The van der Waals surface area contributed by atoms with Crippen molar-refractivity contribution in [3.63, 3.8) is 0 Å². The number of rotatable bonds is 3. The molecule has 0 atom stereocenters. The molecule has 3 nitrogen and oxygen atoms in total. The van der Waals surface area contributed by atoms with Gasteiger partial charge in [0.25, 0.3) is 0 Å². The fraction of sp³-hybridized carbons (Fsp3) is 0.200. The van der Waals surface area contributed by atoms with Crippen molar-refractivity contribution in [3.05, 3.63) is 64.7 Å². The van der Waals surface area contributed by atoms with E-state index in [1.54, 1.807) is 42.5 Å². The molecule has 3 rings (SSSR count). The van der Waals surface area contributed by atoms with Crippen LogP contribution in [0.1, 0.15) is 51.6 Å². The minimum absolute atomic E-state index is 0.141. The highest BCUT2D eigenvalue weighted by atomic mass is 16.5. The molecule has 23 heavy (non-hydrogen) atoms. The molecule has 0 saturated carbocycles. The summed E-state index contributed by atoms with van der Waals surface area (Å²) in [6, 6.07) is 12.0. The fourth-order valence-electron chi connectivity index (χ4n) is 2.61. The van der Waals surface area contributed by atoms with Gasteiger partial charge in [-0.15, -0.1) is 0 Å². The SMILES string of the molecule is CCCC#CCOc1cccc2c1C(=O)c1ccccc1C2=O. The number of fused-ring (bicyclic) bond motifs is 2. The zero-order chi connectivity index (χ0) is 16.2. The Morgan fingerprint density at radius 2 is 1.57 bits per heavy atom. The third-order valence-electron chi connectivity index (χ3n) is 3.71. The van der Waals surface area contributed by atoms with E-state index in [9.17, 15) is 9.59 Å². The van der Waals surface area contributed by atoms with Crippen LogP contribution in [-0.2, 0) is 0 Å². The van der Waals surface area contributed by atoms with E-state index in [4.69, 9.17) is 4.74 Å². The van der Waals surface area contributed by atoms with Crippen molar-refractivity contribution in [2.24, 2.45) is 0 Å². The molecular formula is C20H16O3. The number of unbranched alkanes of at least 4 members (excludes halogenated alkanes) is 1. The second kappa shape index (κ2) is 6.50. The van der Waals surface area contributed by atoms with Gasteiger partial charge in [-0.2, -0.15) is 0 Å². The predicted molar refractivity (Wildman–Crippen MR) is 87.9 cm³/mol. The molecule has 2 aromatic rings. The number of hydrogen-bond donors (Lipinski definition) is 0. The summed E-state index contributed by atoms with van der Waals surface area (Å²) in [5.41, 5.74) is 1.62. The molecular weight excluding hydrogens is 288 g/mol. The third kappa shape index (κ3) is 2.76. The topological polar surface area (TPSA) is 43.4 Å². The van der Waals surface area contributed by atoms with Gasteiger partial charge >= 0.3 is 0 Å². The van der Waals surface area contributed by atoms with Crippen LogP contribution in [0.25, 0.3) is 0 Å². The van der Waals surface area contributed by atoms with Crippen LogP contribution in [0, 0.1) is 11.8 Å². The Bertz CT molecular complexity index is 837. The molecule has 0 heterocycles. The van der Waals surface area contributed by atoms with Gasteiger partial charge in [-0.3, -0.25) is 9.59 Å². The number of carbonyl (C=O) groups is 2. The first kappa shape index (κ1) is 15.1. The zero-order valence-corrected chi connectivity index (χ0v) is 12.9. The molecule has 0 radical (unpaired) electrons. The number of carbonyl (C=O) groups excluding carboxylic acids is 2. The zero-order valence-electron chi connectivity index (χ0n) is 12.9. The van der Waals surface area contributed by atoms with Crippen LogP contribution in [0.5, 0.6) is 5.75 Å². The van der Waals surface area contributed by atoms with Crippen LogP contribution in [0.4, 0.5) is 0 Å². The fourth-order valence-corrected chi connectivity index (χ4v) is 2.61. The summed E-state index contributed by atoms with van der Waals surface area (Å²) in [4.78, 5) is 25.3. The molecule has 0 N–H and O–H groups in total. The van der Waals surface area contributed by atoms with Crippen molar-refractivity contribution >= 4 is 11.6 Å². The van der Waals surface area contributed by atoms with E-state index in [-0.39, 0.29) is 18.2 Å². The van der Waals surface area contributed by atoms with Gasteiger partial charge in [0.15, 0.2) is 11.6 Å². The lowest BCUT2D eigenvalue weighted by Crippen LogP contribution is -2.21. The van der Waals surface area contributed by atoms with Crippen LogP contribution < -0.4 is 4.74 Å². The van der Waals surface area contributed by atoms with E-state index < -0.39 is 0 Å². The van der Waals surface area contributed by atoms with Crippen LogP contribution in [-0.4, -0.2) is 18.2 Å². The number of benzene rings is 2. The summed E-state index contributed by atoms with van der Waals surface area (Å²) in [6.45, 7) is 2.27. The summed E-state index contributed by atoms with van der Waals surface area (Å²) in [5.74, 6) is 6.02. The molecule has 1 aliphatic carbocycles. The smallest absolute Gasteiger partial charge is 0.198 e. The Morgan fingerprint density at radius 1 is 0.870 bits per heavy atom. The van der Waals surface area contributed by atoms with Gasteiger partial charge in [0.05, 0.1) is 5.56 Å². The first-order chi connectivity index (χ1) is 11.2. The van der Waals surface area contributed by atoms with Gasteiger partial charge in [0.2, 0.25) is 0 Å². The molecule has 0 unspecified atom stereocenters. The Morgan fingerprint density at radius 3 is 2.30 bits per heavy atom. The van der Waals surface area contributed by atoms with Crippen molar-refractivity contribution in [1.82, 2.24) is 0 Å². The van der Waals surface area contributed by atoms with E-state index in [0.29, 0.717) is 28.0 Å². The molecule has 3 heteroatoms. The second-order valence-electron chi connectivity index (χ2n) is 5.27. The van der Waals surface area contributed by atoms with Gasteiger partial charge in [-0.05, 0) is 12.5 Å². The summed E-state index contributed by atoms with van der Waals surface area (Å²) in [6.07, 6.45) is 1.82. The molecule has 0 spiro atoms. The largest absolute Gasteiger partial charge is 0.480 e. The van der Waals surface area contributed by atoms with E-state index in [1.165, 1.54) is 0 Å². The van der Waals surface area contributed by atoms with Gasteiger partial charge in [0.1, 0.15) is 12.4 Å². The summed E-state index contributed by atoms with van der Waals surface area (Å²) < 4.78 is 5.64. The molecule has 0 aliphatic heterocycles. The second-order valence-corrected chi connectivity index (χ2v) is 5.27. The van der Waals surface area contributed by atoms with E-state index >= 15 is 0 Å². The average molecular weight is 304 g/mol. The number of ketones is 2. The quantitative estimate of drug-likeness (QED) is 0.694. The molecule has 0 saturated heterocycles. The normalized spacial score (nSPS) is 12.0. The first-order valence-electron chi connectivity index (χ1n) is 7.64. The highest BCUT2D eigenvalue weighted by Gasteiger charge is 2.31. The Hall–Kier alpha value is -2.86. The van der Waals surface area contributed by atoms with E-state index in [2.05, 4.69) is 18.8 Å². The standard InChI is InChI=1S/C20H16O3/c1-2-3-4-7-13-23-17-12-8-11-16-18(17)20(22)15-10-6-5-9-14(15)19(16)21/h5-6,8-12H,2-3,13H2,1H3. The van der Waals surface area contributed by atoms with Crippen molar-refractivity contribution < 1.29 is 14.3 Å². The highest BCUT2D eigenvalue weighted by molar-refractivity contribution is 6.29. The molecule has 0 aromatic heterocycles. The van der Waals surface area contributed by atoms with Crippen LogP contribution in [0.2, 0.25) is 0 Å². The van der Waals surface area contributed by atoms with Gasteiger partial charge < -0.3 is 4.74 Å². The van der Waals surface area contributed by atoms with Crippen LogP contribution >= 0.6 is 0 Å². The average Bonchev–Trinajstić information content (AvgIpc) is 2.59. The summed E-state index contributed by atoms with van der Waals surface area (Å²) in [7, 11) is 0. The monoisotopic (exact) mass is 304 g/mol. The molecule has 0 bridgehead atoms. The molecule has 0 fully saturated rings.